The maximum atomic E-state index is 5.86. The fraction of sp³-hybridized carbons (Fsp3) is 1.00. The first kappa shape index (κ1) is 6.47. The average molecular weight is 151 g/mol. The van der Waals surface area contributed by atoms with E-state index in [1.165, 1.54) is 32.1 Å². The molecule has 0 amide bonds. The highest BCUT2D eigenvalue weighted by Gasteiger charge is 2.56. The molecule has 1 nitrogen and oxygen atoms in total. The molecule has 1 spiro atoms. The fourth-order valence-corrected chi connectivity index (χ4v) is 4.04. The second-order valence-corrected chi connectivity index (χ2v) is 5.11. The molecule has 3 fully saturated rings. The molecule has 0 aliphatic heterocycles. The van der Waals surface area contributed by atoms with Crippen molar-refractivity contribution in [2.24, 2.45) is 23.0 Å². The summed E-state index contributed by atoms with van der Waals surface area (Å²) in [6.07, 6.45) is 8.85. The zero-order valence-electron chi connectivity index (χ0n) is 7.05. The summed E-state index contributed by atoms with van der Waals surface area (Å²) in [5.74, 6) is 2.19. The van der Waals surface area contributed by atoms with E-state index in [9.17, 15) is 0 Å². The Bertz CT molecular complexity index is 181. The molecule has 3 aliphatic carbocycles. The third kappa shape index (κ3) is 0.703. The summed E-state index contributed by atoms with van der Waals surface area (Å²) in [7, 11) is 0. The van der Waals surface area contributed by atoms with Gasteiger partial charge in [0.15, 0.2) is 0 Å². The second kappa shape index (κ2) is 1.82. The summed E-state index contributed by atoms with van der Waals surface area (Å²) in [6.45, 7) is 0. The summed E-state index contributed by atoms with van der Waals surface area (Å²) < 4.78 is 0. The Hall–Kier alpha value is -0.0400. The van der Waals surface area contributed by atoms with Gasteiger partial charge in [-0.15, -0.1) is 0 Å². The quantitative estimate of drug-likeness (QED) is 0.562. The predicted molar refractivity (Wildman–Crippen MR) is 45.1 cm³/mol. The molecule has 0 aromatic rings. The molecule has 2 atom stereocenters. The van der Waals surface area contributed by atoms with Crippen LogP contribution in [0.1, 0.15) is 38.5 Å². The van der Waals surface area contributed by atoms with Crippen LogP contribution < -0.4 is 5.73 Å². The van der Waals surface area contributed by atoms with Gasteiger partial charge in [0.2, 0.25) is 0 Å². The first-order valence-corrected chi connectivity index (χ1v) is 5.04. The lowest BCUT2D eigenvalue weighted by Crippen LogP contribution is -2.48. The van der Waals surface area contributed by atoms with Crippen molar-refractivity contribution in [2.45, 2.75) is 44.6 Å². The molecule has 0 heterocycles. The molecule has 0 saturated heterocycles. The molecule has 3 saturated carbocycles. The van der Waals surface area contributed by atoms with Crippen LogP contribution in [0.3, 0.4) is 0 Å². The van der Waals surface area contributed by atoms with Crippen LogP contribution in [0.2, 0.25) is 0 Å². The molecular weight excluding hydrogens is 134 g/mol. The van der Waals surface area contributed by atoms with Gasteiger partial charge in [-0.3, -0.25) is 0 Å². The van der Waals surface area contributed by atoms with Gasteiger partial charge in [0.25, 0.3) is 0 Å². The van der Waals surface area contributed by atoms with E-state index >= 15 is 0 Å². The van der Waals surface area contributed by atoms with Crippen LogP contribution in [0, 0.1) is 17.3 Å². The van der Waals surface area contributed by atoms with Crippen LogP contribution in [-0.4, -0.2) is 6.04 Å². The Kier molecular flexibility index (Phi) is 1.07. The van der Waals surface area contributed by atoms with E-state index in [-0.39, 0.29) is 0 Å². The molecule has 3 rings (SSSR count). The lowest BCUT2D eigenvalue weighted by molar-refractivity contribution is 0.0353. The van der Waals surface area contributed by atoms with Crippen molar-refractivity contribution in [1.82, 2.24) is 0 Å². The highest BCUT2D eigenvalue weighted by molar-refractivity contribution is 5.08. The topological polar surface area (TPSA) is 26.0 Å². The van der Waals surface area contributed by atoms with E-state index in [0.29, 0.717) is 6.04 Å². The van der Waals surface area contributed by atoms with Crippen LogP contribution >= 0.6 is 0 Å². The highest BCUT2D eigenvalue weighted by atomic mass is 14.7. The van der Waals surface area contributed by atoms with Gasteiger partial charge in [-0.2, -0.15) is 0 Å². The minimum atomic E-state index is 0.564. The predicted octanol–water partition coefficient (Wildman–Crippen LogP) is 1.91. The lowest BCUT2D eigenvalue weighted by Gasteiger charge is -2.49. The Morgan fingerprint density at radius 2 is 1.91 bits per heavy atom. The van der Waals surface area contributed by atoms with Gasteiger partial charge < -0.3 is 5.73 Å². The summed E-state index contributed by atoms with van der Waals surface area (Å²) in [5.41, 5.74) is 6.64. The van der Waals surface area contributed by atoms with Crippen LogP contribution in [0.25, 0.3) is 0 Å². The molecule has 2 N–H and O–H groups in total. The van der Waals surface area contributed by atoms with E-state index in [2.05, 4.69) is 0 Å². The van der Waals surface area contributed by atoms with Gasteiger partial charge in [0.1, 0.15) is 0 Å². The average Bonchev–Trinajstić information content (AvgIpc) is 2.43. The van der Waals surface area contributed by atoms with Crippen molar-refractivity contribution in [3.05, 3.63) is 0 Å². The van der Waals surface area contributed by atoms with Crippen molar-refractivity contribution < 1.29 is 0 Å². The van der Waals surface area contributed by atoms with E-state index < -0.39 is 0 Å². The lowest BCUT2D eigenvalue weighted by atomic mass is 9.58. The van der Waals surface area contributed by atoms with Gasteiger partial charge in [-0.1, -0.05) is 6.42 Å². The standard InChI is InChI=1S/C10H17N/c11-9-5-10(6-9)4-7-1-2-8(10)3-7/h7-9H,1-6,11H2. The minimum Gasteiger partial charge on any atom is -0.328 e. The Balaban J connectivity index is 1.81. The number of hydrogen-bond acceptors (Lipinski definition) is 1. The van der Waals surface area contributed by atoms with Crippen molar-refractivity contribution in [3.63, 3.8) is 0 Å². The summed E-state index contributed by atoms with van der Waals surface area (Å²) in [5, 5.41) is 0. The van der Waals surface area contributed by atoms with Crippen molar-refractivity contribution in [2.75, 3.05) is 0 Å². The molecule has 1 heteroatoms. The summed E-state index contributed by atoms with van der Waals surface area (Å²) >= 11 is 0. The van der Waals surface area contributed by atoms with Gasteiger partial charge in [-0.05, 0) is 49.4 Å². The number of hydrogen-bond donors (Lipinski definition) is 1. The number of rotatable bonds is 0. The molecule has 11 heavy (non-hydrogen) atoms. The van der Waals surface area contributed by atoms with Gasteiger partial charge in [0, 0.05) is 6.04 Å². The molecule has 0 radical (unpaired) electrons. The third-order valence-corrected chi connectivity index (χ3v) is 4.44. The number of fused-ring (bicyclic) bond motifs is 3. The molecular formula is C10H17N. The Morgan fingerprint density at radius 3 is 2.36 bits per heavy atom. The Labute approximate surface area is 68.3 Å². The first-order valence-electron chi connectivity index (χ1n) is 5.04. The van der Waals surface area contributed by atoms with Crippen LogP contribution in [0.5, 0.6) is 0 Å². The third-order valence-electron chi connectivity index (χ3n) is 4.44. The van der Waals surface area contributed by atoms with E-state index in [4.69, 9.17) is 5.73 Å². The number of nitrogens with two attached hydrogens (primary N) is 1. The molecule has 2 bridgehead atoms. The monoisotopic (exact) mass is 151 g/mol. The second-order valence-electron chi connectivity index (χ2n) is 5.11. The van der Waals surface area contributed by atoms with Crippen LogP contribution in [0.4, 0.5) is 0 Å². The molecule has 0 aromatic carbocycles. The zero-order valence-corrected chi connectivity index (χ0v) is 7.05. The minimum absolute atomic E-state index is 0.564. The van der Waals surface area contributed by atoms with Gasteiger partial charge in [0.05, 0.1) is 0 Å². The molecule has 2 unspecified atom stereocenters. The normalized spacial score (nSPS) is 60.3. The largest absolute Gasteiger partial charge is 0.328 e. The van der Waals surface area contributed by atoms with Crippen molar-refractivity contribution in [3.8, 4) is 0 Å². The summed E-state index contributed by atoms with van der Waals surface area (Å²) in [6, 6.07) is 0.564. The first-order chi connectivity index (χ1) is 5.28. The highest BCUT2D eigenvalue weighted by Crippen LogP contribution is 2.64. The maximum absolute atomic E-state index is 5.86. The Morgan fingerprint density at radius 1 is 1.09 bits per heavy atom. The van der Waals surface area contributed by atoms with Crippen LogP contribution in [0.15, 0.2) is 0 Å². The maximum Gasteiger partial charge on any atom is 0.00496 e. The van der Waals surface area contributed by atoms with E-state index in [1.807, 2.05) is 0 Å². The molecule has 0 aromatic heterocycles. The SMILES string of the molecule is NC1CC2(C1)CC1CCC2C1. The van der Waals surface area contributed by atoms with E-state index in [0.717, 1.165) is 17.3 Å². The van der Waals surface area contributed by atoms with Crippen molar-refractivity contribution in [1.29, 1.82) is 0 Å². The molecule has 62 valence electrons. The van der Waals surface area contributed by atoms with Gasteiger partial charge in [-0.25, -0.2) is 0 Å². The molecule has 3 aliphatic rings. The van der Waals surface area contributed by atoms with Crippen molar-refractivity contribution >= 4 is 0 Å². The summed E-state index contributed by atoms with van der Waals surface area (Å²) in [4.78, 5) is 0. The van der Waals surface area contributed by atoms with E-state index in [1.54, 1.807) is 6.42 Å². The zero-order chi connectivity index (χ0) is 7.47. The van der Waals surface area contributed by atoms with Gasteiger partial charge >= 0.3 is 0 Å². The van der Waals surface area contributed by atoms with Crippen LogP contribution in [-0.2, 0) is 0 Å². The fourth-order valence-electron chi connectivity index (χ4n) is 4.04. The smallest absolute Gasteiger partial charge is 0.00496 e.